The highest BCUT2D eigenvalue weighted by atomic mass is 32.3. The van der Waals surface area contributed by atoms with Crippen molar-refractivity contribution in [3.63, 3.8) is 0 Å². The smallest absolute Gasteiger partial charge is 0.0530 e. The van der Waals surface area contributed by atoms with Gasteiger partial charge in [-0.2, -0.15) is 0 Å². The Bertz CT molecular complexity index is 586. The van der Waals surface area contributed by atoms with Crippen LogP contribution in [0.5, 0.6) is 0 Å². The first kappa shape index (κ1) is 18.0. The zero-order valence-corrected chi connectivity index (χ0v) is 17.9. The maximum absolute atomic E-state index is 3.97. The van der Waals surface area contributed by atoms with Gasteiger partial charge in [0.25, 0.3) is 0 Å². The Morgan fingerprint density at radius 2 is 1.55 bits per heavy atom. The summed E-state index contributed by atoms with van der Waals surface area (Å²) in [4.78, 5) is 0. The standard InChI is InChI=1S/C14H12S8/c1-10-17-7-13(21-10)19-9-20-14-8-18-12(22-14)4-2-3-11-15-5-6-16-11/h3-8H,1-2,9H2/b12-4-. The number of rotatable bonds is 6. The highest BCUT2D eigenvalue weighted by molar-refractivity contribution is 8.40. The highest BCUT2D eigenvalue weighted by Crippen LogP contribution is 2.52. The van der Waals surface area contributed by atoms with Crippen LogP contribution in [0, 0.1) is 0 Å². The van der Waals surface area contributed by atoms with Crippen LogP contribution >= 0.6 is 94.1 Å². The molecule has 0 aliphatic carbocycles. The molecule has 0 aromatic rings. The molecule has 116 valence electrons. The van der Waals surface area contributed by atoms with Crippen molar-refractivity contribution in [2.24, 2.45) is 0 Å². The van der Waals surface area contributed by atoms with E-state index in [4.69, 9.17) is 0 Å². The second-order valence-electron chi connectivity index (χ2n) is 3.88. The predicted molar refractivity (Wildman–Crippen MR) is 121 cm³/mol. The molecule has 8 heteroatoms. The van der Waals surface area contributed by atoms with Crippen LogP contribution in [-0.2, 0) is 0 Å². The molecule has 3 aliphatic heterocycles. The molecule has 3 aliphatic rings. The van der Waals surface area contributed by atoms with E-state index in [2.05, 4.69) is 40.4 Å². The van der Waals surface area contributed by atoms with Gasteiger partial charge in [-0.05, 0) is 28.1 Å². The summed E-state index contributed by atoms with van der Waals surface area (Å²) in [5, 5.41) is 9.84. The SMILES string of the molecule is C=C1SC=C(SCSC2=CS/C(=C/CC=C3SC=CS3)S2)S1. The summed E-state index contributed by atoms with van der Waals surface area (Å²) in [6.45, 7) is 3.97. The van der Waals surface area contributed by atoms with Crippen molar-refractivity contribution < 1.29 is 0 Å². The van der Waals surface area contributed by atoms with Crippen molar-refractivity contribution in [3.8, 4) is 0 Å². The Balaban J connectivity index is 1.35. The van der Waals surface area contributed by atoms with Crippen molar-refractivity contribution in [2.75, 3.05) is 5.08 Å². The molecule has 0 radical (unpaired) electrons. The summed E-state index contributed by atoms with van der Waals surface area (Å²) < 4.78 is 6.78. The van der Waals surface area contributed by atoms with Crippen molar-refractivity contribution in [1.82, 2.24) is 0 Å². The lowest BCUT2D eigenvalue weighted by Crippen LogP contribution is -1.70. The Morgan fingerprint density at radius 1 is 0.864 bits per heavy atom. The van der Waals surface area contributed by atoms with Crippen LogP contribution in [-0.4, -0.2) is 5.08 Å². The lowest BCUT2D eigenvalue weighted by Gasteiger charge is -2.01. The molecule has 22 heavy (non-hydrogen) atoms. The summed E-state index contributed by atoms with van der Waals surface area (Å²) in [5.74, 6) is 0. The topological polar surface area (TPSA) is 0 Å². The molecular weight excluding hydrogens is 425 g/mol. The van der Waals surface area contributed by atoms with Crippen LogP contribution in [0.3, 0.4) is 0 Å². The molecule has 0 aromatic heterocycles. The van der Waals surface area contributed by atoms with E-state index in [1.165, 1.54) is 21.2 Å². The monoisotopic (exact) mass is 436 g/mol. The van der Waals surface area contributed by atoms with Gasteiger partial charge in [-0.3, -0.25) is 0 Å². The molecule has 0 aromatic carbocycles. The van der Waals surface area contributed by atoms with Gasteiger partial charge in [0.05, 0.1) is 8.47 Å². The summed E-state index contributed by atoms with van der Waals surface area (Å²) in [6.07, 6.45) is 5.66. The van der Waals surface area contributed by atoms with Crippen LogP contribution in [0.2, 0.25) is 0 Å². The zero-order chi connectivity index (χ0) is 15.2. The second-order valence-corrected chi connectivity index (χ2v) is 13.6. The van der Waals surface area contributed by atoms with E-state index >= 15 is 0 Å². The van der Waals surface area contributed by atoms with E-state index in [0.29, 0.717) is 0 Å². The highest BCUT2D eigenvalue weighted by Gasteiger charge is 2.14. The van der Waals surface area contributed by atoms with Gasteiger partial charge in [-0.1, -0.05) is 89.3 Å². The van der Waals surface area contributed by atoms with Gasteiger partial charge in [0, 0.05) is 17.8 Å². The molecule has 3 heterocycles. The third-order valence-corrected chi connectivity index (χ3v) is 11.7. The summed E-state index contributed by atoms with van der Waals surface area (Å²) in [6, 6.07) is 0. The van der Waals surface area contributed by atoms with Gasteiger partial charge >= 0.3 is 0 Å². The Labute approximate surface area is 165 Å². The van der Waals surface area contributed by atoms with E-state index in [1.54, 1.807) is 23.5 Å². The largest absolute Gasteiger partial charge is 0.107 e. The van der Waals surface area contributed by atoms with Crippen LogP contribution in [0.4, 0.5) is 0 Å². The summed E-state index contributed by atoms with van der Waals surface area (Å²) >= 11 is 14.8. The first-order chi connectivity index (χ1) is 10.8. The average molecular weight is 437 g/mol. The average Bonchev–Trinajstić information content (AvgIpc) is 3.22. The van der Waals surface area contributed by atoms with E-state index < -0.39 is 0 Å². The Kier molecular flexibility index (Phi) is 7.92. The minimum atomic E-state index is 1.02. The van der Waals surface area contributed by atoms with Crippen LogP contribution in [0.15, 0.2) is 61.5 Å². The molecule has 0 unspecified atom stereocenters. The molecule has 0 spiro atoms. The molecule has 3 rings (SSSR count). The first-order valence-electron chi connectivity index (χ1n) is 6.22. The first-order valence-corrected chi connectivity index (χ1v) is 13.3. The van der Waals surface area contributed by atoms with Gasteiger partial charge < -0.3 is 0 Å². The molecular formula is C14H12S8. The van der Waals surface area contributed by atoms with Crippen LogP contribution in [0.1, 0.15) is 6.42 Å². The van der Waals surface area contributed by atoms with Gasteiger partial charge in [-0.25, -0.2) is 0 Å². The fraction of sp³-hybridized carbons (Fsp3) is 0.143. The number of thioether (sulfide) groups is 8. The van der Waals surface area contributed by atoms with Crippen molar-refractivity contribution in [3.05, 3.63) is 61.5 Å². The summed E-state index contributed by atoms with van der Waals surface area (Å²) in [5.41, 5.74) is 0. The van der Waals surface area contributed by atoms with Crippen molar-refractivity contribution in [1.29, 1.82) is 0 Å². The van der Waals surface area contributed by atoms with Gasteiger partial charge in [0.15, 0.2) is 0 Å². The molecule has 0 nitrogen and oxygen atoms in total. The fourth-order valence-corrected chi connectivity index (χ4v) is 10.5. The van der Waals surface area contributed by atoms with E-state index in [9.17, 15) is 0 Å². The number of hydrogen-bond acceptors (Lipinski definition) is 8. The van der Waals surface area contributed by atoms with E-state index in [-0.39, 0.29) is 0 Å². The van der Waals surface area contributed by atoms with E-state index in [0.717, 1.165) is 11.5 Å². The maximum atomic E-state index is 3.97. The second kappa shape index (κ2) is 9.65. The number of hydrogen-bond donors (Lipinski definition) is 0. The third-order valence-electron chi connectivity index (χ3n) is 2.37. The molecule has 0 N–H and O–H groups in total. The lowest BCUT2D eigenvalue weighted by atomic mass is 10.4. The lowest BCUT2D eigenvalue weighted by molar-refractivity contribution is 1.41. The molecule has 0 atom stereocenters. The minimum absolute atomic E-state index is 1.02. The van der Waals surface area contributed by atoms with Crippen molar-refractivity contribution >= 4 is 94.1 Å². The Hall–Kier alpha value is 1.24. The Morgan fingerprint density at radius 3 is 2.27 bits per heavy atom. The predicted octanol–water partition coefficient (Wildman–Crippen LogP) is 8.46. The maximum Gasteiger partial charge on any atom is 0.0530 e. The van der Waals surface area contributed by atoms with Crippen LogP contribution in [0.25, 0.3) is 0 Å². The van der Waals surface area contributed by atoms with Crippen molar-refractivity contribution in [2.45, 2.75) is 6.42 Å². The van der Waals surface area contributed by atoms with E-state index in [1.807, 2.05) is 70.6 Å². The summed E-state index contributed by atoms with van der Waals surface area (Å²) in [7, 11) is 0. The molecule has 0 saturated heterocycles. The van der Waals surface area contributed by atoms with Gasteiger partial charge in [0.2, 0.25) is 0 Å². The third kappa shape index (κ3) is 5.95. The van der Waals surface area contributed by atoms with Gasteiger partial charge in [0.1, 0.15) is 0 Å². The van der Waals surface area contributed by atoms with Crippen LogP contribution < -0.4 is 0 Å². The fourth-order valence-electron chi connectivity index (χ4n) is 1.46. The van der Waals surface area contributed by atoms with Gasteiger partial charge in [-0.15, -0.1) is 23.5 Å². The normalized spacial score (nSPS) is 22.6. The molecule has 0 fully saturated rings. The number of allylic oxidation sites excluding steroid dienone is 2. The molecule has 0 amide bonds. The quantitative estimate of drug-likeness (QED) is 0.375. The minimum Gasteiger partial charge on any atom is -0.107 e. The zero-order valence-electron chi connectivity index (χ0n) is 11.4. The molecule has 0 bridgehead atoms. The molecule has 0 saturated carbocycles.